The number of aryl methyl sites for hydroxylation is 1. The quantitative estimate of drug-likeness (QED) is 0.594. The highest BCUT2D eigenvalue weighted by Gasteiger charge is 2.17. The Hall–Kier alpha value is -3.54. The second-order valence-corrected chi connectivity index (χ2v) is 7.04. The first-order valence-electron chi connectivity index (χ1n) is 9.13. The molecule has 0 aliphatic heterocycles. The van der Waals surface area contributed by atoms with Gasteiger partial charge in [-0.1, -0.05) is 30.3 Å². The Morgan fingerprint density at radius 3 is 2.39 bits per heavy atom. The average molecular weight is 372 g/mol. The number of aromatic nitrogens is 4. The van der Waals surface area contributed by atoms with Crippen LogP contribution in [0.3, 0.4) is 0 Å². The molecule has 6 nitrogen and oxygen atoms in total. The molecule has 4 aromatic rings. The molecule has 0 unspecified atom stereocenters. The third-order valence-electron chi connectivity index (χ3n) is 4.68. The van der Waals surface area contributed by atoms with Crippen LogP contribution in [0.1, 0.15) is 25.5 Å². The lowest BCUT2D eigenvalue weighted by Crippen LogP contribution is -2.23. The first-order chi connectivity index (χ1) is 13.5. The number of pyridine rings is 2. The highest BCUT2D eigenvalue weighted by molar-refractivity contribution is 5.84. The predicted molar refractivity (Wildman–Crippen MR) is 110 cm³/mol. The molecule has 140 valence electrons. The van der Waals surface area contributed by atoms with E-state index in [4.69, 9.17) is 4.98 Å². The fourth-order valence-electron chi connectivity index (χ4n) is 3.24. The monoisotopic (exact) mass is 372 g/mol. The van der Waals surface area contributed by atoms with E-state index < -0.39 is 0 Å². The van der Waals surface area contributed by atoms with Crippen LogP contribution < -0.4 is 11.0 Å². The van der Waals surface area contributed by atoms with Crippen molar-refractivity contribution in [2.75, 3.05) is 0 Å². The molecule has 0 aliphatic carbocycles. The van der Waals surface area contributed by atoms with Crippen molar-refractivity contribution >= 4 is 11.2 Å². The summed E-state index contributed by atoms with van der Waals surface area (Å²) in [7, 11) is 0. The van der Waals surface area contributed by atoms with E-state index in [0.717, 1.165) is 11.1 Å². The minimum atomic E-state index is -0.198. The maximum Gasteiger partial charge on any atom is 0.253 e. The molecular weight excluding hydrogens is 352 g/mol. The predicted octanol–water partition coefficient (Wildman–Crippen LogP) is 3.70. The van der Waals surface area contributed by atoms with Crippen LogP contribution in [0.5, 0.6) is 0 Å². The Labute approximate surface area is 161 Å². The van der Waals surface area contributed by atoms with E-state index in [1.54, 1.807) is 30.0 Å². The molecule has 1 N–H and O–H groups in total. The Balaban J connectivity index is 2.10. The van der Waals surface area contributed by atoms with Crippen molar-refractivity contribution < 1.29 is 0 Å². The van der Waals surface area contributed by atoms with E-state index in [1.165, 1.54) is 6.07 Å². The molecule has 3 heterocycles. The number of rotatable bonds is 3. The van der Waals surface area contributed by atoms with Gasteiger partial charge in [0, 0.05) is 41.2 Å². The van der Waals surface area contributed by atoms with Gasteiger partial charge >= 0.3 is 0 Å². The van der Waals surface area contributed by atoms with Crippen LogP contribution in [0, 0.1) is 6.92 Å². The van der Waals surface area contributed by atoms with Crippen molar-refractivity contribution in [3.8, 4) is 22.5 Å². The van der Waals surface area contributed by atoms with Gasteiger partial charge in [-0.05, 0) is 26.8 Å². The summed E-state index contributed by atoms with van der Waals surface area (Å²) in [6.45, 7) is 5.70. The summed E-state index contributed by atoms with van der Waals surface area (Å²) in [4.78, 5) is 37.2. The SMILES string of the molecule is Cc1cc(-c2nc3c(=O)cc[nH]c3nc2-c2ccccc2)cn(C(C)C)c1=O. The summed E-state index contributed by atoms with van der Waals surface area (Å²) in [5.74, 6) is 0. The topological polar surface area (TPSA) is 80.6 Å². The van der Waals surface area contributed by atoms with Gasteiger partial charge in [0.1, 0.15) is 0 Å². The minimum Gasteiger partial charge on any atom is -0.345 e. The van der Waals surface area contributed by atoms with E-state index in [0.29, 0.717) is 22.6 Å². The van der Waals surface area contributed by atoms with Crippen molar-refractivity contribution in [1.29, 1.82) is 0 Å². The number of H-pyrrole nitrogens is 1. The van der Waals surface area contributed by atoms with Gasteiger partial charge in [-0.15, -0.1) is 0 Å². The Kier molecular flexibility index (Phi) is 4.39. The largest absolute Gasteiger partial charge is 0.345 e. The van der Waals surface area contributed by atoms with Gasteiger partial charge < -0.3 is 9.55 Å². The number of nitrogens with zero attached hydrogens (tertiary/aromatic N) is 3. The lowest BCUT2D eigenvalue weighted by Gasteiger charge is -2.15. The summed E-state index contributed by atoms with van der Waals surface area (Å²) < 4.78 is 1.68. The number of aromatic amines is 1. The smallest absolute Gasteiger partial charge is 0.253 e. The normalized spacial score (nSPS) is 11.3. The molecule has 0 saturated carbocycles. The lowest BCUT2D eigenvalue weighted by molar-refractivity contribution is 0.576. The molecule has 4 rings (SSSR count). The number of benzene rings is 1. The molecule has 6 heteroatoms. The number of hydrogen-bond acceptors (Lipinski definition) is 4. The second-order valence-electron chi connectivity index (χ2n) is 7.04. The molecule has 3 aromatic heterocycles. The zero-order chi connectivity index (χ0) is 19.8. The van der Waals surface area contributed by atoms with Gasteiger partial charge in [-0.3, -0.25) is 9.59 Å². The highest BCUT2D eigenvalue weighted by Crippen LogP contribution is 2.30. The van der Waals surface area contributed by atoms with Crippen molar-refractivity contribution in [2.45, 2.75) is 26.8 Å². The molecule has 28 heavy (non-hydrogen) atoms. The molecule has 0 saturated heterocycles. The lowest BCUT2D eigenvalue weighted by atomic mass is 10.0. The van der Waals surface area contributed by atoms with E-state index in [9.17, 15) is 9.59 Å². The second kappa shape index (κ2) is 6.88. The van der Waals surface area contributed by atoms with Gasteiger partial charge in [0.25, 0.3) is 5.56 Å². The summed E-state index contributed by atoms with van der Waals surface area (Å²) in [5, 5.41) is 0. The third-order valence-corrected chi connectivity index (χ3v) is 4.68. The van der Waals surface area contributed by atoms with Crippen LogP contribution in [0.25, 0.3) is 33.7 Å². The van der Waals surface area contributed by atoms with Gasteiger partial charge in [0.15, 0.2) is 11.2 Å². The van der Waals surface area contributed by atoms with Crippen molar-refractivity contribution in [3.05, 3.63) is 81.0 Å². The van der Waals surface area contributed by atoms with Crippen molar-refractivity contribution in [1.82, 2.24) is 19.5 Å². The summed E-state index contributed by atoms with van der Waals surface area (Å²) >= 11 is 0. The van der Waals surface area contributed by atoms with Gasteiger partial charge in [-0.25, -0.2) is 9.97 Å². The van der Waals surface area contributed by atoms with Crippen molar-refractivity contribution in [2.24, 2.45) is 0 Å². The summed E-state index contributed by atoms with van der Waals surface area (Å²) in [6.07, 6.45) is 3.36. The number of hydrogen-bond donors (Lipinski definition) is 1. The zero-order valence-electron chi connectivity index (χ0n) is 15.9. The van der Waals surface area contributed by atoms with Crippen LogP contribution in [-0.2, 0) is 0 Å². The summed E-state index contributed by atoms with van der Waals surface area (Å²) in [5.41, 5.74) is 3.97. The van der Waals surface area contributed by atoms with Crippen LogP contribution in [0.4, 0.5) is 0 Å². The fraction of sp³-hybridized carbons (Fsp3) is 0.182. The minimum absolute atomic E-state index is 0.00291. The van der Waals surface area contributed by atoms with Crippen LogP contribution >= 0.6 is 0 Å². The van der Waals surface area contributed by atoms with Crippen molar-refractivity contribution in [3.63, 3.8) is 0 Å². The third kappa shape index (κ3) is 3.03. The first kappa shape index (κ1) is 17.9. The van der Waals surface area contributed by atoms with E-state index >= 15 is 0 Å². The fourth-order valence-corrected chi connectivity index (χ4v) is 3.24. The molecule has 0 spiro atoms. The first-order valence-corrected chi connectivity index (χ1v) is 9.13. The Morgan fingerprint density at radius 2 is 1.68 bits per heavy atom. The molecule has 1 aromatic carbocycles. The standard InChI is InChI=1S/C22H20N4O2/c1-13(2)26-12-16(11-14(3)22(26)28)19-18(15-7-5-4-6-8-15)25-21-20(24-19)17(27)9-10-23-21/h4-13H,1-3H3,(H,23,25,27). The molecule has 0 amide bonds. The van der Waals surface area contributed by atoms with Crippen LogP contribution in [0.2, 0.25) is 0 Å². The van der Waals surface area contributed by atoms with Crippen LogP contribution in [0.15, 0.2) is 64.4 Å². The van der Waals surface area contributed by atoms with Gasteiger partial charge in [0.2, 0.25) is 5.43 Å². The average Bonchev–Trinajstić information content (AvgIpc) is 2.70. The molecule has 0 radical (unpaired) electrons. The highest BCUT2D eigenvalue weighted by atomic mass is 16.1. The van der Waals surface area contributed by atoms with E-state index in [-0.39, 0.29) is 22.5 Å². The van der Waals surface area contributed by atoms with E-state index in [2.05, 4.69) is 9.97 Å². The maximum absolute atomic E-state index is 12.5. The molecule has 0 atom stereocenters. The van der Waals surface area contributed by atoms with E-state index in [1.807, 2.05) is 44.2 Å². The van der Waals surface area contributed by atoms with Gasteiger partial charge in [-0.2, -0.15) is 0 Å². The number of nitrogens with one attached hydrogen (secondary N) is 1. The van der Waals surface area contributed by atoms with Crippen LogP contribution in [-0.4, -0.2) is 19.5 Å². The Bertz CT molecular complexity index is 1290. The molecular formula is C22H20N4O2. The zero-order valence-corrected chi connectivity index (χ0v) is 15.9. The molecule has 0 fully saturated rings. The summed E-state index contributed by atoms with van der Waals surface area (Å²) in [6, 6.07) is 12.9. The number of fused-ring (bicyclic) bond motifs is 1. The maximum atomic E-state index is 12.5. The molecule has 0 aliphatic rings. The molecule has 0 bridgehead atoms. The Morgan fingerprint density at radius 1 is 0.964 bits per heavy atom. The van der Waals surface area contributed by atoms with Gasteiger partial charge in [0.05, 0.1) is 11.4 Å².